The molecule has 0 aliphatic rings. The van der Waals surface area contributed by atoms with Gasteiger partial charge in [0.1, 0.15) is 5.83 Å². The average molecular weight is 214 g/mol. The van der Waals surface area contributed by atoms with Crippen molar-refractivity contribution in [3.63, 3.8) is 0 Å². The van der Waals surface area contributed by atoms with Crippen LogP contribution in [0.25, 0.3) is 0 Å². The van der Waals surface area contributed by atoms with Crippen LogP contribution in [0.15, 0.2) is 52.8 Å². The van der Waals surface area contributed by atoms with E-state index in [1.807, 2.05) is 0 Å². The van der Waals surface area contributed by atoms with Crippen LogP contribution in [0, 0.1) is 0 Å². The highest BCUT2D eigenvalue weighted by atomic mass is 35.5. The van der Waals surface area contributed by atoms with Crippen LogP contribution < -0.4 is 0 Å². The van der Waals surface area contributed by atoms with Crippen LogP contribution in [-0.2, 0) is 0 Å². The topological polar surface area (TPSA) is 12.4 Å². The molecular weight excluding hydrogens is 201 g/mol. The van der Waals surface area contributed by atoms with Gasteiger partial charge in [-0.1, -0.05) is 36.9 Å². The molecule has 0 spiro atoms. The van der Waals surface area contributed by atoms with Crippen molar-refractivity contribution < 1.29 is 4.39 Å². The molecule has 3 heteroatoms. The summed E-state index contributed by atoms with van der Waals surface area (Å²) in [4.78, 5) is 3.88. The molecule has 0 N–H and O–H groups in total. The van der Waals surface area contributed by atoms with E-state index in [-0.39, 0.29) is 5.83 Å². The van der Waals surface area contributed by atoms with Crippen LogP contribution >= 0.6 is 11.6 Å². The van der Waals surface area contributed by atoms with Crippen LogP contribution in [0.1, 0.15) is 6.92 Å². The van der Waals surface area contributed by atoms with Gasteiger partial charge >= 0.3 is 0 Å². The average Bonchev–Trinajstić information content (AvgIpc) is 2.14. The Morgan fingerprint density at radius 3 is 2.29 bits per heavy atom. The Balaban J connectivity index is 4.65. The van der Waals surface area contributed by atoms with Gasteiger partial charge in [-0.15, -0.1) is 0 Å². The Labute approximate surface area is 89.0 Å². The van der Waals surface area contributed by atoms with Crippen molar-refractivity contribution in [3.8, 4) is 0 Å². The predicted molar refractivity (Wildman–Crippen MR) is 61.5 cm³/mol. The van der Waals surface area contributed by atoms with Crippen LogP contribution in [0.3, 0.4) is 0 Å². The number of nitrogens with zero attached hydrogens (tertiary/aromatic N) is 1. The van der Waals surface area contributed by atoms with Crippen molar-refractivity contribution >= 4 is 17.3 Å². The van der Waals surface area contributed by atoms with Gasteiger partial charge in [-0.05, 0) is 18.6 Å². The minimum Gasteiger partial charge on any atom is -0.287 e. The lowest BCUT2D eigenvalue weighted by molar-refractivity contribution is 0.665. The second-order valence-corrected chi connectivity index (χ2v) is 2.97. The minimum absolute atomic E-state index is 0.294. The van der Waals surface area contributed by atoms with E-state index in [1.165, 1.54) is 18.2 Å². The van der Waals surface area contributed by atoms with Gasteiger partial charge in [-0.3, -0.25) is 4.99 Å². The van der Waals surface area contributed by atoms with E-state index in [9.17, 15) is 4.39 Å². The summed E-state index contributed by atoms with van der Waals surface area (Å²) in [5, 5.41) is 0.294. The van der Waals surface area contributed by atoms with Gasteiger partial charge in [0, 0.05) is 7.05 Å². The van der Waals surface area contributed by atoms with Crippen molar-refractivity contribution in [2.45, 2.75) is 6.92 Å². The molecule has 0 aromatic heterocycles. The maximum Gasteiger partial charge on any atom is 0.118 e. The fourth-order valence-electron chi connectivity index (χ4n) is 0.794. The molecule has 0 rings (SSSR count). The highest BCUT2D eigenvalue weighted by Crippen LogP contribution is 2.11. The largest absolute Gasteiger partial charge is 0.287 e. The summed E-state index contributed by atoms with van der Waals surface area (Å²) < 4.78 is 12.7. The summed E-state index contributed by atoms with van der Waals surface area (Å²) in [7, 11) is 1.58. The van der Waals surface area contributed by atoms with E-state index in [0.717, 1.165) is 0 Å². The van der Waals surface area contributed by atoms with Crippen LogP contribution in [0.5, 0.6) is 0 Å². The van der Waals surface area contributed by atoms with Crippen LogP contribution in [0.4, 0.5) is 4.39 Å². The standard InChI is InChI=1S/C11H13ClFN/c1-5-10(13)7-6-8(2)11(14-4)9(3)12/h5-7H,2-3H2,1,4H3/b7-6-,10-5+,14-11?. The molecule has 0 heterocycles. The molecule has 0 saturated heterocycles. The number of hydrogen-bond acceptors (Lipinski definition) is 1. The first-order chi connectivity index (χ1) is 6.52. The summed E-state index contributed by atoms with van der Waals surface area (Å²) >= 11 is 5.66. The van der Waals surface area contributed by atoms with Crippen molar-refractivity contribution in [2.75, 3.05) is 7.05 Å². The number of aliphatic imine (C=N–C) groups is 1. The zero-order valence-electron chi connectivity index (χ0n) is 8.35. The Morgan fingerprint density at radius 1 is 1.36 bits per heavy atom. The lowest BCUT2D eigenvalue weighted by atomic mass is 10.1. The van der Waals surface area contributed by atoms with Gasteiger partial charge in [0.15, 0.2) is 0 Å². The molecule has 0 atom stereocenters. The molecule has 76 valence electrons. The first kappa shape index (κ1) is 12.8. The predicted octanol–water partition coefficient (Wildman–Crippen LogP) is 3.80. The summed E-state index contributed by atoms with van der Waals surface area (Å²) in [6, 6.07) is 0. The third kappa shape index (κ3) is 4.19. The molecule has 0 aliphatic heterocycles. The van der Waals surface area contributed by atoms with Crippen molar-refractivity contribution in [1.29, 1.82) is 0 Å². The number of halogens is 2. The molecule has 1 nitrogen and oxygen atoms in total. The maximum absolute atomic E-state index is 12.7. The highest BCUT2D eigenvalue weighted by molar-refractivity contribution is 6.46. The van der Waals surface area contributed by atoms with Gasteiger partial charge in [0.05, 0.1) is 10.7 Å². The maximum atomic E-state index is 12.7. The molecule has 0 radical (unpaired) electrons. The summed E-state index contributed by atoms with van der Waals surface area (Å²) in [6.45, 7) is 8.83. The van der Waals surface area contributed by atoms with E-state index in [0.29, 0.717) is 16.3 Å². The molecule has 0 unspecified atom stereocenters. The van der Waals surface area contributed by atoms with E-state index in [2.05, 4.69) is 18.2 Å². The van der Waals surface area contributed by atoms with E-state index in [4.69, 9.17) is 11.6 Å². The highest BCUT2D eigenvalue weighted by Gasteiger charge is 2.02. The van der Waals surface area contributed by atoms with Gasteiger partial charge in [-0.2, -0.15) is 0 Å². The van der Waals surface area contributed by atoms with Crippen molar-refractivity contribution in [2.24, 2.45) is 4.99 Å². The molecule has 0 amide bonds. The Kier molecular flexibility index (Phi) is 5.81. The zero-order valence-corrected chi connectivity index (χ0v) is 9.11. The molecular formula is C11H13ClFN. The number of hydrogen-bond donors (Lipinski definition) is 0. The minimum atomic E-state index is -0.332. The Morgan fingerprint density at radius 2 is 1.93 bits per heavy atom. The van der Waals surface area contributed by atoms with Crippen LogP contribution in [-0.4, -0.2) is 12.8 Å². The van der Waals surface area contributed by atoms with E-state index >= 15 is 0 Å². The van der Waals surface area contributed by atoms with E-state index < -0.39 is 0 Å². The summed E-state index contributed by atoms with van der Waals surface area (Å²) in [6.07, 6.45) is 4.15. The molecule has 14 heavy (non-hydrogen) atoms. The number of allylic oxidation sites excluding steroid dienone is 6. The second-order valence-electron chi connectivity index (χ2n) is 2.51. The Hall–Kier alpha value is -1.15. The molecule has 0 fully saturated rings. The van der Waals surface area contributed by atoms with Crippen molar-refractivity contribution in [3.05, 3.63) is 47.8 Å². The second kappa shape index (κ2) is 6.33. The summed E-state index contributed by atoms with van der Waals surface area (Å²) in [5.74, 6) is -0.332. The first-order valence-corrected chi connectivity index (χ1v) is 4.41. The third-order valence-corrected chi connectivity index (χ3v) is 1.68. The molecule has 0 aromatic carbocycles. The fourth-order valence-corrected chi connectivity index (χ4v) is 1.00. The summed E-state index contributed by atoms with van der Waals surface area (Å²) in [5.41, 5.74) is 1.01. The quantitative estimate of drug-likeness (QED) is 0.498. The van der Waals surface area contributed by atoms with Crippen molar-refractivity contribution in [1.82, 2.24) is 0 Å². The molecule has 0 bridgehead atoms. The van der Waals surface area contributed by atoms with Gasteiger partial charge < -0.3 is 0 Å². The monoisotopic (exact) mass is 213 g/mol. The third-order valence-electron chi connectivity index (χ3n) is 1.50. The molecule has 0 saturated carbocycles. The lowest BCUT2D eigenvalue weighted by Gasteiger charge is -2.01. The number of rotatable bonds is 4. The normalized spacial score (nSPS) is 13.4. The van der Waals surface area contributed by atoms with Gasteiger partial charge in [0.25, 0.3) is 0 Å². The van der Waals surface area contributed by atoms with E-state index in [1.54, 1.807) is 14.0 Å². The SMILES string of the molecule is C=C(Cl)C(=NC)C(=C)/C=C\C(F)=C/C. The Bertz CT molecular complexity index is 324. The van der Waals surface area contributed by atoms with Crippen LogP contribution in [0.2, 0.25) is 0 Å². The van der Waals surface area contributed by atoms with Gasteiger partial charge in [0.2, 0.25) is 0 Å². The molecule has 0 aliphatic carbocycles. The first-order valence-electron chi connectivity index (χ1n) is 4.03. The molecule has 0 aromatic rings. The smallest absolute Gasteiger partial charge is 0.118 e. The zero-order chi connectivity index (χ0) is 11.1. The fraction of sp³-hybridized carbons (Fsp3) is 0.182. The van der Waals surface area contributed by atoms with Gasteiger partial charge in [-0.25, -0.2) is 4.39 Å². The lowest BCUT2D eigenvalue weighted by Crippen LogP contribution is -1.98.